The van der Waals surface area contributed by atoms with Crippen LogP contribution in [0.2, 0.25) is 0 Å². The van der Waals surface area contributed by atoms with Gasteiger partial charge in [-0.25, -0.2) is 0 Å². The van der Waals surface area contributed by atoms with Gasteiger partial charge in [-0.05, 0) is 37.0 Å². The molecule has 0 spiro atoms. The molecule has 2 atom stereocenters. The molecule has 1 aliphatic heterocycles. The number of nitrogens with zero attached hydrogens (tertiary/aromatic N) is 1. The number of ether oxygens (including phenoxy) is 1. The lowest BCUT2D eigenvalue weighted by Crippen LogP contribution is -2.45. The van der Waals surface area contributed by atoms with Crippen molar-refractivity contribution in [2.75, 3.05) is 20.2 Å². The SMILES string of the molecule is COc1cc(C)cc(C(=O)N2CC(C)CC(C(=O)O)C2)c1O. The zero-order chi connectivity index (χ0) is 16.4. The summed E-state index contributed by atoms with van der Waals surface area (Å²) in [4.78, 5) is 25.4. The number of carboxylic acids is 1. The average Bonchev–Trinajstić information content (AvgIpc) is 2.47. The summed E-state index contributed by atoms with van der Waals surface area (Å²) in [5, 5.41) is 19.4. The van der Waals surface area contributed by atoms with Crippen LogP contribution in [0.25, 0.3) is 0 Å². The van der Waals surface area contributed by atoms with Gasteiger partial charge < -0.3 is 19.8 Å². The minimum atomic E-state index is -0.893. The van der Waals surface area contributed by atoms with E-state index in [0.717, 1.165) is 5.56 Å². The van der Waals surface area contributed by atoms with Crippen molar-refractivity contribution >= 4 is 11.9 Å². The number of carbonyl (C=O) groups excluding carboxylic acids is 1. The first kappa shape index (κ1) is 16.1. The predicted molar refractivity (Wildman–Crippen MR) is 80.2 cm³/mol. The molecule has 2 N–H and O–H groups in total. The lowest BCUT2D eigenvalue weighted by Gasteiger charge is -2.34. The van der Waals surface area contributed by atoms with Crippen LogP contribution in [-0.2, 0) is 4.79 Å². The van der Waals surface area contributed by atoms with Crippen LogP contribution in [0, 0.1) is 18.8 Å². The van der Waals surface area contributed by atoms with Crippen LogP contribution in [0.4, 0.5) is 0 Å². The van der Waals surface area contributed by atoms with Gasteiger partial charge in [-0.2, -0.15) is 0 Å². The summed E-state index contributed by atoms with van der Waals surface area (Å²) >= 11 is 0. The van der Waals surface area contributed by atoms with Crippen molar-refractivity contribution in [2.45, 2.75) is 20.3 Å². The highest BCUT2D eigenvalue weighted by molar-refractivity contribution is 5.98. The Labute approximate surface area is 129 Å². The van der Waals surface area contributed by atoms with Gasteiger partial charge in [0, 0.05) is 13.1 Å². The van der Waals surface area contributed by atoms with Crippen LogP contribution in [0.5, 0.6) is 11.5 Å². The minimum Gasteiger partial charge on any atom is -0.504 e. The summed E-state index contributed by atoms with van der Waals surface area (Å²) in [5.41, 5.74) is 0.938. The number of carboxylic acid groups (broad SMARTS) is 1. The van der Waals surface area contributed by atoms with Crippen molar-refractivity contribution in [1.29, 1.82) is 0 Å². The Morgan fingerprint density at radius 2 is 2.00 bits per heavy atom. The first-order valence-electron chi connectivity index (χ1n) is 7.23. The van der Waals surface area contributed by atoms with Crippen molar-refractivity contribution in [2.24, 2.45) is 11.8 Å². The fraction of sp³-hybridized carbons (Fsp3) is 0.500. The first-order valence-corrected chi connectivity index (χ1v) is 7.23. The smallest absolute Gasteiger partial charge is 0.308 e. The number of phenols is 1. The van der Waals surface area contributed by atoms with E-state index in [2.05, 4.69) is 0 Å². The van der Waals surface area contributed by atoms with Crippen LogP contribution in [-0.4, -0.2) is 47.2 Å². The van der Waals surface area contributed by atoms with Crippen molar-refractivity contribution in [3.63, 3.8) is 0 Å². The Morgan fingerprint density at radius 1 is 1.32 bits per heavy atom. The van der Waals surface area contributed by atoms with Gasteiger partial charge in [-0.15, -0.1) is 0 Å². The van der Waals surface area contributed by atoms with Crippen molar-refractivity contribution in [3.8, 4) is 11.5 Å². The summed E-state index contributed by atoms with van der Waals surface area (Å²) in [6, 6.07) is 3.24. The molecule has 0 bridgehead atoms. The third kappa shape index (κ3) is 3.16. The van der Waals surface area contributed by atoms with E-state index in [1.807, 2.05) is 6.92 Å². The highest BCUT2D eigenvalue weighted by atomic mass is 16.5. The number of methoxy groups -OCH3 is 1. The molecule has 1 saturated heterocycles. The molecule has 22 heavy (non-hydrogen) atoms. The molecular weight excluding hydrogens is 286 g/mol. The molecule has 1 aromatic carbocycles. The number of benzene rings is 1. The number of aromatic hydroxyl groups is 1. The number of likely N-dealkylation sites (tertiary alicyclic amines) is 1. The van der Waals surface area contributed by atoms with Crippen LogP contribution in [0.1, 0.15) is 29.3 Å². The van der Waals surface area contributed by atoms with E-state index in [1.54, 1.807) is 19.1 Å². The predicted octanol–water partition coefficient (Wildman–Crippen LogP) is 1.89. The van der Waals surface area contributed by atoms with Crippen LogP contribution < -0.4 is 4.74 Å². The number of aryl methyl sites for hydroxylation is 1. The molecule has 0 radical (unpaired) electrons. The zero-order valence-electron chi connectivity index (χ0n) is 13.0. The monoisotopic (exact) mass is 307 g/mol. The molecule has 0 aliphatic carbocycles. The van der Waals surface area contributed by atoms with Crippen LogP contribution in [0.3, 0.4) is 0 Å². The molecule has 1 heterocycles. The Morgan fingerprint density at radius 3 is 2.59 bits per heavy atom. The number of rotatable bonds is 3. The molecule has 2 rings (SSSR count). The second-order valence-electron chi connectivity index (χ2n) is 5.95. The molecule has 0 saturated carbocycles. The number of hydrogen-bond acceptors (Lipinski definition) is 4. The molecule has 1 amide bonds. The standard InChI is InChI=1S/C16H21NO5/c1-9-5-12(14(18)13(6-9)22-3)15(19)17-7-10(2)4-11(8-17)16(20)21/h5-6,10-11,18H,4,7-8H2,1-3H3,(H,20,21). The van der Waals surface area contributed by atoms with E-state index in [4.69, 9.17) is 4.74 Å². The second-order valence-corrected chi connectivity index (χ2v) is 5.95. The largest absolute Gasteiger partial charge is 0.504 e. The lowest BCUT2D eigenvalue weighted by molar-refractivity contribution is -0.143. The van der Waals surface area contributed by atoms with Crippen molar-refractivity contribution in [3.05, 3.63) is 23.3 Å². The Balaban J connectivity index is 2.31. The maximum atomic E-state index is 12.7. The van der Waals surface area contributed by atoms with Gasteiger partial charge in [0.25, 0.3) is 5.91 Å². The fourth-order valence-electron chi connectivity index (χ4n) is 2.93. The number of hydrogen-bond donors (Lipinski definition) is 2. The van der Waals surface area contributed by atoms with Crippen molar-refractivity contribution < 1.29 is 24.5 Å². The Hall–Kier alpha value is -2.24. The maximum Gasteiger partial charge on any atom is 0.308 e. The van der Waals surface area contributed by atoms with Gasteiger partial charge in [0.15, 0.2) is 11.5 Å². The molecule has 1 fully saturated rings. The minimum absolute atomic E-state index is 0.104. The van der Waals surface area contributed by atoms with E-state index in [1.165, 1.54) is 12.0 Å². The second kappa shape index (κ2) is 6.25. The maximum absolute atomic E-state index is 12.7. The number of aliphatic carboxylic acids is 1. The topological polar surface area (TPSA) is 87.1 Å². The third-order valence-corrected chi connectivity index (χ3v) is 3.97. The summed E-state index contributed by atoms with van der Waals surface area (Å²) in [6.45, 7) is 4.37. The van der Waals surface area contributed by atoms with Gasteiger partial charge in [0.2, 0.25) is 0 Å². The third-order valence-electron chi connectivity index (χ3n) is 3.97. The van der Waals surface area contributed by atoms with E-state index < -0.39 is 11.9 Å². The number of piperidine rings is 1. The van der Waals surface area contributed by atoms with E-state index in [0.29, 0.717) is 13.0 Å². The van der Waals surface area contributed by atoms with Gasteiger partial charge in [0.1, 0.15) is 0 Å². The molecule has 120 valence electrons. The van der Waals surface area contributed by atoms with Gasteiger partial charge >= 0.3 is 5.97 Å². The molecule has 2 unspecified atom stereocenters. The summed E-state index contributed by atoms with van der Waals surface area (Å²) < 4.78 is 5.07. The van der Waals surface area contributed by atoms with E-state index >= 15 is 0 Å². The summed E-state index contributed by atoms with van der Waals surface area (Å²) in [5.74, 6) is -1.69. The highest BCUT2D eigenvalue weighted by Crippen LogP contribution is 2.33. The van der Waals surface area contributed by atoms with Crippen molar-refractivity contribution in [1.82, 2.24) is 4.90 Å². The van der Waals surface area contributed by atoms with Gasteiger partial charge in [0.05, 0.1) is 18.6 Å². The highest BCUT2D eigenvalue weighted by Gasteiger charge is 2.33. The average molecular weight is 307 g/mol. The lowest BCUT2D eigenvalue weighted by atomic mass is 9.90. The fourth-order valence-corrected chi connectivity index (χ4v) is 2.93. The van der Waals surface area contributed by atoms with Gasteiger partial charge in [-0.3, -0.25) is 9.59 Å². The molecule has 1 aromatic rings. The van der Waals surface area contributed by atoms with E-state index in [-0.39, 0.29) is 35.4 Å². The molecule has 0 aromatic heterocycles. The molecule has 6 heteroatoms. The summed E-state index contributed by atoms with van der Waals surface area (Å²) in [6.07, 6.45) is 0.558. The molecular formula is C16H21NO5. The Kier molecular flexibility index (Phi) is 4.59. The zero-order valence-corrected chi connectivity index (χ0v) is 13.0. The summed E-state index contributed by atoms with van der Waals surface area (Å²) in [7, 11) is 1.42. The number of phenolic OH excluding ortho intramolecular Hbond substituents is 1. The molecule has 1 aliphatic rings. The number of carbonyl (C=O) groups is 2. The normalized spacial score (nSPS) is 21.5. The Bertz CT molecular complexity index is 598. The molecule has 6 nitrogen and oxygen atoms in total. The van der Waals surface area contributed by atoms with Crippen LogP contribution >= 0.6 is 0 Å². The number of amides is 1. The van der Waals surface area contributed by atoms with Crippen LogP contribution in [0.15, 0.2) is 12.1 Å². The first-order chi connectivity index (χ1) is 10.3. The van der Waals surface area contributed by atoms with E-state index in [9.17, 15) is 19.8 Å². The van der Waals surface area contributed by atoms with Gasteiger partial charge in [-0.1, -0.05) is 6.92 Å². The quantitative estimate of drug-likeness (QED) is 0.890.